The minimum atomic E-state index is -2.96. The van der Waals surface area contributed by atoms with E-state index in [1.54, 1.807) is 5.92 Å². The molecule has 0 radical (unpaired) electrons. The van der Waals surface area contributed by atoms with Crippen molar-refractivity contribution in [3.8, 4) is 11.8 Å². The van der Waals surface area contributed by atoms with Crippen LogP contribution in [0.1, 0.15) is 13.2 Å². The molecule has 0 bridgehead atoms. The van der Waals surface area contributed by atoms with E-state index in [-0.39, 0.29) is 0 Å². The van der Waals surface area contributed by atoms with Gasteiger partial charge in [-0.3, -0.25) is 4.57 Å². The molecule has 23 heavy (non-hydrogen) atoms. The van der Waals surface area contributed by atoms with Crippen molar-refractivity contribution >= 4 is 5.82 Å². The topological polar surface area (TPSA) is 111 Å². The maximum atomic E-state index is 15.1. The van der Waals surface area contributed by atoms with Crippen molar-refractivity contribution in [3.63, 3.8) is 0 Å². The van der Waals surface area contributed by atoms with Gasteiger partial charge in [-0.1, -0.05) is 11.8 Å². The highest BCUT2D eigenvalue weighted by molar-refractivity contribution is 5.28. The van der Waals surface area contributed by atoms with Crippen LogP contribution in [0.2, 0.25) is 0 Å². The van der Waals surface area contributed by atoms with Crippen LogP contribution in [-0.4, -0.2) is 50.4 Å². The number of rotatable bonds is 2. The fraction of sp³-hybridized carbons (Fsp3) is 0.538. The van der Waals surface area contributed by atoms with Crippen molar-refractivity contribution in [3.05, 3.63) is 22.5 Å². The zero-order valence-corrected chi connectivity index (χ0v) is 11.9. The summed E-state index contributed by atoms with van der Waals surface area (Å²) in [7, 11) is 0. The quantitative estimate of drug-likeness (QED) is 0.617. The van der Waals surface area contributed by atoms with E-state index >= 15 is 4.39 Å². The molecule has 0 aromatic carbocycles. The molecule has 5 atom stereocenters. The standard InChI is InChI=1S/C13H14F3N3O4/c1-6(20)8-9(21)13(16,3-2-4-14)11(23-8)19-5-7(15)10(17)18-12(19)22/h5-6,8-9,11,20-21H,4H2,1H3,(H2,17,18,22)/t6-,8+,9?,11+,13+/m0/s1. The van der Waals surface area contributed by atoms with Crippen molar-refractivity contribution in [2.45, 2.75) is 37.1 Å². The maximum absolute atomic E-state index is 15.1. The average molecular weight is 333 g/mol. The van der Waals surface area contributed by atoms with Crippen LogP contribution in [0.4, 0.5) is 19.0 Å². The molecule has 1 unspecified atom stereocenters. The average Bonchev–Trinajstić information content (AvgIpc) is 2.74. The second kappa shape index (κ2) is 6.19. The van der Waals surface area contributed by atoms with Crippen LogP contribution >= 0.6 is 0 Å². The van der Waals surface area contributed by atoms with Crippen LogP contribution in [0.25, 0.3) is 0 Å². The lowest BCUT2D eigenvalue weighted by Gasteiger charge is -2.24. The molecule has 2 heterocycles. The number of aliphatic hydroxyl groups is 2. The van der Waals surface area contributed by atoms with Crippen molar-refractivity contribution in [1.82, 2.24) is 9.55 Å². The molecule has 1 fully saturated rings. The molecule has 2 rings (SSSR count). The largest absolute Gasteiger partial charge is 0.391 e. The van der Waals surface area contributed by atoms with Crippen molar-refractivity contribution < 1.29 is 28.1 Å². The summed E-state index contributed by atoms with van der Waals surface area (Å²) in [4.78, 5) is 15.0. The Morgan fingerprint density at radius 1 is 1.65 bits per heavy atom. The molecule has 0 aliphatic carbocycles. The summed E-state index contributed by atoms with van der Waals surface area (Å²) in [6.45, 7) is -0.00242. The first-order valence-corrected chi connectivity index (χ1v) is 6.53. The van der Waals surface area contributed by atoms with Gasteiger partial charge in [0.2, 0.25) is 5.67 Å². The molecule has 7 nitrogen and oxygen atoms in total. The monoisotopic (exact) mass is 333 g/mol. The number of anilines is 1. The van der Waals surface area contributed by atoms with Crippen molar-refractivity contribution in [1.29, 1.82) is 0 Å². The zero-order valence-electron chi connectivity index (χ0n) is 11.9. The number of hydrogen-bond donors (Lipinski definition) is 3. The van der Waals surface area contributed by atoms with Gasteiger partial charge in [-0.15, -0.1) is 0 Å². The Morgan fingerprint density at radius 2 is 2.30 bits per heavy atom. The zero-order chi connectivity index (χ0) is 17.4. The highest BCUT2D eigenvalue weighted by Crippen LogP contribution is 2.41. The third kappa shape index (κ3) is 2.90. The van der Waals surface area contributed by atoms with E-state index in [0.717, 1.165) is 0 Å². The first-order chi connectivity index (χ1) is 10.7. The van der Waals surface area contributed by atoms with Gasteiger partial charge in [-0.05, 0) is 6.92 Å². The highest BCUT2D eigenvalue weighted by atomic mass is 19.1. The molecule has 10 heteroatoms. The Hall–Kier alpha value is -2.09. The van der Waals surface area contributed by atoms with E-state index in [2.05, 4.69) is 4.98 Å². The molecular formula is C13H14F3N3O4. The number of ether oxygens (including phenoxy) is 1. The van der Waals surface area contributed by atoms with Crippen molar-refractivity contribution in [2.24, 2.45) is 0 Å². The number of nitrogens with two attached hydrogens (primary N) is 1. The molecule has 1 aromatic rings. The van der Waals surface area contributed by atoms with E-state index in [0.29, 0.717) is 10.8 Å². The number of aliphatic hydroxyl groups excluding tert-OH is 2. The minimum absolute atomic E-state index is 0.407. The summed E-state index contributed by atoms with van der Waals surface area (Å²) in [6.07, 6.45) is -6.20. The predicted molar refractivity (Wildman–Crippen MR) is 72.1 cm³/mol. The summed E-state index contributed by atoms with van der Waals surface area (Å²) in [6, 6.07) is 0. The second-order valence-electron chi connectivity index (χ2n) is 5.01. The molecule has 0 spiro atoms. The predicted octanol–water partition coefficient (Wildman–Crippen LogP) is -0.715. The van der Waals surface area contributed by atoms with Crippen LogP contribution in [0.5, 0.6) is 0 Å². The molecule has 1 aliphatic rings. The van der Waals surface area contributed by atoms with E-state index in [4.69, 9.17) is 10.5 Å². The fourth-order valence-electron chi connectivity index (χ4n) is 2.28. The lowest BCUT2D eigenvalue weighted by Crippen LogP contribution is -2.45. The number of halogens is 3. The Bertz CT molecular complexity index is 715. The number of aromatic nitrogens is 2. The smallest absolute Gasteiger partial charge is 0.351 e. The Labute approximate surface area is 128 Å². The number of nitrogen functional groups attached to an aromatic ring is 1. The van der Waals surface area contributed by atoms with E-state index in [1.807, 2.05) is 5.92 Å². The first kappa shape index (κ1) is 17.3. The SMILES string of the molecule is C[C@H](O)[C@H]1O[C@@H](n2cc(F)c(N)nc2=O)[C@@](F)(C#CCF)C1O. The summed E-state index contributed by atoms with van der Waals surface area (Å²) < 4.78 is 46.4. The molecule has 1 aromatic heterocycles. The van der Waals surface area contributed by atoms with Crippen LogP contribution < -0.4 is 11.4 Å². The van der Waals surface area contributed by atoms with Gasteiger partial charge in [0.15, 0.2) is 17.9 Å². The van der Waals surface area contributed by atoms with Gasteiger partial charge >= 0.3 is 5.69 Å². The number of hydrogen-bond acceptors (Lipinski definition) is 6. The van der Waals surface area contributed by atoms with Gasteiger partial charge < -0.3 is 20.7 Å². The Balaban J connectivity index is 2.58. The van der Waals surface area contributed by atoms with Gasteiger partial charge in [-0.2, -0.15) is 4.98 Å². The van der Waals surface area contributed by atoms with Gasteiger partial charge in [-0.25, -0.2) is 18.0 Å². The van der Waals surface area contributed by atoms with Crippen molar-refractivity contribution in [2.75, 3.05) is 12.4 Å². The first-order valence-electron chi connectivity index (χ1n) is 6.53. The number of alkyl halides is 2. The lowest BCUT2D eigenvalue weighted by molar-refractivity contribution is -0.0805. The Morgan fingerprint density at radius 3 is 2.87 bits per heavy atom. The van der Waals surface area contributed by atoms with Crippen LogP contribution in [0, 0.1) is 17.7 Å². The molecule has 1 saturated heterocycles. The molecule has 1 aliphatic heterocycles. The van der Waals surface area contributed by atoms with E-state index in [1.165, 1.54) is 6.92 Å². The van der Waals surface area contributed by atoms with Gasteiger partial charge in [0.1, 0.15) is 18.9 Å². The summed E-state index contributed by atoms with van der Waals surface area (Å²) >= 11 is 0. The third-order valence-electron chi connectivity index (χ3n) is 3.40. The minimum Gasteiger partial charge on any atom is -0.391 e. The van der Waals surface area contributed by atoms with Crippen LogP contribution in [0.15, 0.2) is 11.0 Å². The summed E-state index contributed by atoms with van der Waals surface area (Å²) in [5.41, 5.74) is 1.03. The molecular weight excluding hydrogens is 319 g/mol. The maximum Gasteiger partial charge on any atom is 0.351 e. The second-order valence-corrected chi connectivity index (χ2v) is 5.01. The normalized spacial score (nSPS) is 31.5. The molecule has 4 N–H and O–H groups in total. The fourth-order valence-corrected chi connectivity index (χ4v) is 2.28. The highest BCUT2D eigenvalue weighted by Gasteiger charge is 2.59. The third-order valence-corrected chi connectivity index (χ3v) is 3.40. The molecule has 0 saturated carbocycles. The van der Waals surface area contributed by atoms with Crippen LogP contribution in [-0.2, 0) is 4.74 Å². The summed E-state index contributed by atoms with van der Waals surface area (Å²) in [5, 5.41) is 19.6. The Kier molecular flexibility index (Phi) is 4.65. The van der Waals surface area contributed by atoms with Gasteiger partial charge in [0.05, 0.1) is 12.3 Å². The molecule has 0 amide bonds. The molecule has 126 valence electrons. The lowest BCUT2D eigenvalue weighted by atomic mass is 9.94. The van der Waals surface area contributed by atoms with Crippen LogP contribution in [0.3, 0.4) is 0 Å². The van der Waals surface area contributed by atoms with Gasteiger partial charge in [0.25, 0.3) is 0 Å². The number of nitrogens with zero attached hydrogens (tertiary/aromatic N) is 2. The van der Waals surface area contributed by atoms with E-state index in [9.17, 15) is 23.8 Å². The van der Waals surface area contributed by atoms with E-state index < -0.39 is 54.2 Å². The summed E-state index contributed by atoms with van der Waals surface area (Å²) in [5.74, 6) is 1.81. The van der Waals surface area contributed by atoms with Gasteiger partial charge in [0, 0.05) is 0 Å².